The van der Waals surface area contributed by atoms with E-state index in [1.54, 1.807) is 30.5 Å². The van der Waals surface area contributed by atoms with E-state index in [2.05, 4.69) is 29.9 Å². The summed E-state index contributed by atoms with van der Waals surface area (Å²) in [6.07, 6.45) is 3.00. The normalized spacial score (nSPS) is 12.3. The number of aromatic nitrogens is 4. The van der Waals surface area contributed by atoms with E-state index in [0.29, 0.717) is 11.5 Å². The van der Waals surface area contributed by atoms with Crippen LogP contribution in [-0.4, -0.2) is 26.0 Å². The van der Waals surface area contributed by atoms with Crippen LogP contribution in [0.4, 0.5) is 0 Å². The molecule has 3 aromatic rings. The van der Waals surface area contributed by atoms with Crippen LogP contribution in [0.3, 0.4) is 0 Å². The van der Waals surface area contributed by atoms with Crippen LogP contribution < -0.4 is 5.32 Å². The molecule has 3 aromatic heterocycles. The number of nitrogens with zero attached hydrogens (tertiary/aromatic N) is 3. The van der Waals surface area contributed by atoms with Crippen molar-refractivity contribution in [3.63, 3.8) is 0 Å². The standard InChI is InChI=1S/C13H13N5O2S/c1-7(12-15-6-20-18-12)16-13(19)10-3-9(4-14-10)11-5-21-8(2)17-11/h3-7,14H,1-2H3,(H,16,19)/t7-/m0/s1. The summed E-state index contributed by atoms with van der Waals surface area (Å²) in [4.78, 5) is 23.4. The van der Waals surface area contributed by atoms with Crippen molar-refractivity contribution in [1.82, 2.24) is 25.4 Å². The number of aromatic amines is 1. The molecule has 0 aromatic carbocycles. The number of H-pyrrole nitrogens is 1. The lowest BCUT2D eigenvalue weighted by atomic mass is 10.2. The molecule has 0 aliphatic carbocycles. The van der Waals surface area contributed by atoms with Gasteiger partial charge in [0.15, 0.2) is 5.82 Å². The second-order valence-electron chi connectivity index (χ2n) is 4.54. The van der Waals surface area contributed by atoms with Crippen molar-refractivity contribution in [2.24, 2.45) is 0 Å². The molecule has 2 N–H and O–H groups in total. The summed E-state index contributed by atoms with van der Waals surface area (Å²) in [5.41, 5.74) is 2.21. The third-order valence-corrected chi connectivity index (χ3v) is 3.73. The first-order valence-corrected chi connectivity index (χ1v) is 7.19. The van der Waals surface area contributed by atoms with Crippen LogP contribution in [0.25, 0.3) is 11.3 Å². The molecule has 1 atom stereocenters. The van der Waals surface area contributed by atoms with Gasteiger partial charge >= 0.3 is 0 Å². The Bertz CT molecular complexity index is 746. The Morgan fingerprint density at radius 1 is 1.52 bits per heavy atom. The summed E-state index contributed by atoms with van der Waals surface area (Å²) in [5.74, 6) is 0.204. The molecule has 0 unspecified atom stereocenters. The van der Waals surface area contributed by atoms with Gasteiger partial charge in [0.1, 0.15) is 5.69 Å². The highest BCUT2D eigenvalue weighted by Crippen LogP contribution is 2.22. The number of hydrogen-bond donors (Lipinski definition) is 2. The van der Waals surface area contributed by atoms with Crippen molar-refractivity contribution in [2.45, 2.75) is 19.9 Å². The zero-order chi connectivity index (χ0) is 14.8. The Balaban J connectivity index is 1.72. The van der Waals surface area contributed by atoms with Crippen LogP contribution in [0.15, 0.2) is 28.6 Å². The van der Waals surface area contributed by atoms with Crippen molar-refractivity contribution >= 4 is 17.2 Å². The molecule has 3 rings (SSSR count). The van der Waals surface area contributed by atoms with E-state index in [1.807, 2.05) is 12.3 Å². The molecule has 0 radical (unpaired) electrons. The van der Waals surface area contributed by atoms with E-state index in [-0.39, 0.29) is 11.9 Å². The topological polar surface area (TPSA) is 96.7 Å². The van der Waals surface area contributed by atoms with E-state index < -0.39 is 0 Å². The summed E-state index contributed by atoms with van der Waals surface area (Å²) >= 11 is 1.57. The number of carbonyl (C=O) groups excluding carboxylic acids is 1. The zero-order valence-electron chi connectivity index (χ0n) is 11.5. The van der Waals surface area contributed by atoms with Gasteiger partial charge in [0.05, 0.1) is 16.7 Å². The van der Waals surface area contributed by atoms with Crippen LogP contribution in [0.1, 0.15) is 34.3 Å². The molecule has 0 aliphatic rings. The van der Waals surface area contributed by atoms with Gasteiger partial charge in [-0.2, -0.15) is 4.98 Å². The molecule has 0 fully saturated rings. The summed E-state index contributed by atoms with van der Waals surface area (Å²) in [6.45, 7) is 3.73. The molecule has 8 heteroatoms. The lowest BCUT2D eigenvalue weighted by molar-refractivity contribution is 0.0933. The summed E-state index contributed by atoms with van der Waals surface area (Å²) < 4.78 is 4.66. The number of carbonyl (C=O) groups is 1. The Kier molecular flexibility index (Phi) is 3.53. The second kappa shape index (κ2) is 5.49. The van der Waals surface area contributed by atoms with Crippen LogP contribution in [-0.2, 0) is 0 Å². The van der Waals surface area contributed by atoms with Crippen LogP contribution in [0, 0.1) is 6.92 Å². The monoisotopic (exact) mass is 303 g/mol. The number of aryl methyl sites for hydroxylation is 1. The lowest BCUT2D eigenvalue weighted by Gasteiger charge is -2.08. The van der Waals surface area contributed by atoms with E-state index in [4.69, 9.17) is 0 Å². The van der Waals surface area contributed by atoms with Crippen molar-refractivity contribution < 1.29 is 9.32 Å². The highest BCUT2D eigenvalue weighted by atomic mass is 32.1. The molecule has 0 spiro atoms. The van der Waals surface area contributed by atoms with E-state index in [9.17, 15) is 4.79 Å². The maximum atomic E-state index is 12.2. The van der Waals surface area contributed by atoms with E-state index >= 15 is 0 Å². The Morgan fingerprint density at radius 3 is 3.05 bits per heavy atom. The average Bonchev–Trinajstić information content (AvgIpc) is 3.19. The molecule has 3 heterocycles. The van der Waals surface area contributed by atoms with Crippen molar-refractivity contribution in [1.29, 1.82) is 0 Å². The minimum Gasteiger partial charge on any atom is -0.357 e. The number of amides is 1. The predicted molar refractivity (Wildman–Crippen MR) is 76.8 cm³/mol. The maximum Gasteiger partial charge on any atom is 0.268 e. The van der Waals surface area contributed by atoms with E-state index in [1.165, 1.54) is 6.39 Å². The quantitative estimate of drug-likeness (QED) is 0.771. The first-order valence-electron chi connectivity index (χ1n) is 6.31. The molecule has 0 saturated carbocycles. The highest BCUT2D eigenvalue weighted by Gasteiger charge is 2.16. The van der Waals surface area contributed by atoms with Gasteiger partial charge in [0, 0.05) is 17.1 Å². The average molecular weight is 303 g/mol. The van der Waals surface area contributed by atoms with Crippen LogP contribution >= 0.6 is 11.3 Å². The summed E-state index contributed by atoms with van der Waals surface area (Å²) in [6, 6.07) is 1.44. The van der Waals surface area contributed by atoms with Gasteiger partial charge in [0.2, 0.25) is 6.39 Å². The zero-order valence-corrected chi connectivity index (χ0v) is 12.3. The van der Waals surface area contributed by atoms with Gasteiger partial charge in [-0.25, -0.2) is 4.98 Å². The van der Waals surface area contributed by atoms with Crippen molar-refractivity contribution in [2.75, 3.05) is 0 Å². The smallest absolute Gasteiger partial charge is 0.268 e. The van der Waals surface area contributed by atoms with Crippen LogP contribution in [0.5, 0.6) is 0 Å². The third-order valence-electron chi connectivity index (χ3n) is 2.96. The molecular weight excluding hydrogens is 290 g/mol. The van der Waals surface area contributed by atoms with Crippen LogP contribution in [0.2, 0.25) is 0 Å². The summed E-state index contributed by atoms with van der Waals surface area (Å²) in [7, 11) is 0. The molecule has 0 bridgehead atoms. The van der Waals surface area contributed by atoms with Crippen molar-refractivity contribution in [3.05, 3.63) is 40.6 Å². The molecule has 108 valence electrons. The lowest BCUT2D eigenvalue weighted by Crippen LogP contribution is -2.27. The first-order chi connectivity index (χ1) is 10.1. The first kappa shape index (κ1) is 13.5. The molecule has 1 amide bonds. The van der Waals surface area contributed by atoms with Gasteiger partial charge in [-0.15, -0.1) is 11.3 Å². The molecular formula is C13H13N5O2S. The van der Waals surface area contributed by atoms with Crippen molar-refractivity contribution in [3.8, 4) is 11.3 Å². The molecule has 0 aliphatic heterocycles. The van der Waals surface area contributed by atoms with E-state index in [0.717, 1.165) is 16.3 Å². The number of hydrogen-bond acceptors (Lipinski definition) is 6. The van der Waals surface area contributed by atoms with Gasteiger partial charge in [-0.3, -0.25) is 4.79 Å². The Morgan fingerprint density at radius 2 is 2.38 bits per heavy atom. The van der Waals surface area contributed by atoms with Gasteiger partial charge in [-0.05, 0) is 19.9 Å². The number of thiazole rings is 1. The Labute approximate surface area is 124 Å². The SMILES string of the molecule is Cc1nc(-c2c[nH]c(C(=O)N[C@@H](C)c3ncon3)c2)cs1. The largest absolute Gasteiger partial charge is 0.357 e. The molecule has 0 saturated heterocycles. The molecule has 7 nitrogen and oxygen atoms in total. The minimum absolute atomic E-state index is 0.231. The minimum atomic E-state index is -0.329. The Hall–Kier alpha value is -2.48. The fraction of sp³-hybridized carbons (Fsp3) is 0.231. The predicted octanol–water partition coefficient (Wildman–Crippen LogP) is 2.32. The van der Waals surface area contributed by atoms with Gasteiger partial charge in [0.25, 0.3) is 5.91 Å². The summed E-state index contributed by atoms with van der Waals surface area (Å²) in [5, 5.41) is 9.44. The third kappa shape index (κ3) is 2.84. The highest BCUT2D eigenvalue weighted by molar-refractivity contribution is 7.09. The fourth-order valence-corrected chi connectivity index (χ4v) is 2.50. The fourth-order valence-electron chi connectivity index (χ4n) is 1.88. The second-order valence-corrected chi connectivity index (χ2v) is 5.60. The maximum absolute atomic E-state index is 12.2. The van der Waals surface area contributed by atoms with Gasteiger partial charge in [-0.1, -0.05) is 5.16 Å². The number of nitrogens with one attached hydrogen (secondary N) is 2. The van der Waals surface area contributed by atoms with Gasteiger partial charge < -0.3 is 14.8 Å². The number of rotatable bonds is 4. The molecule has 21 heavy (non-hydrogen) atoms.